The van der Waals surface area contributed by atoms with Crippen molar-refractivity contribution in [3.8, 4) is 0 Å². The Morgan fingerprint density at radius 1 is 1.00 bits per heavy atom. The minimum absolute atomic E-state index is 0.0221. The van der Waals surface area contributed by atoms with Crippen molar-refractivity contribution < 1.29 is 9.59 Å². The Morgan fingerprint density at radius 2 is 1.73 bits per heavy atom. The SMILES string of the molecule is CSc1cccc(NC(=O)CN2CCN(C(=O)c3ccccc3)CC2)c1. The van der Waals surface area contributed by atoms with Crippen LogP contribution in [0.2, 0.25) is 0 Å². The zero-order chi connectivity index (χ0) is 18.4. The van der Waals surface area contributed by atoms with Crippen LogP contribution in [0.25, 0.3) is 0 Å². The van der Waals surface area contributed by atoms with E-state index in [1.54, 1.807) is 11.8 Å². The van der Waals surface area contributed by atoms with E-state index >= 15 is 0 Å². The average molecular weight is 369 g/mol. The van der Waals surface area contributed by atoms with Crippen LogP contribution in [0.5, 0.6) is 0 Å². The van der Waals surface area contributed by atoms with Gasteiger partial charge in [-0.2, -0.15) is 0 Å². The summed E-state index contributed by atoms with van der Waals surface area (Å²) < 4.78 is 0. The maximum Gasteiger partial charge on any atom is 0.253 e. The Bertz CT molecular complexity index is 759. The molecular formula is C20H23N3O2S. The van der Waals surface area contributed by atoms with Crippen LogP contribution in [0.1, 0.15) is 10.4 Å². The number of hydrogen-bond acceptors (Lipinski definition) is 4. The van der Waals surface area contributed by atoms with Crippen molar-refractivity contribution in [1.29, 1.82) is 0 Å². The number of amides is 2. The van der Waals surface area contributed by atoms with E-state index in [0.717, 1.165) is 10.6 Å². The second-order valence-electron chi connectivity index (χ2n) is 6.21. The van der Waals surface area contributed by atoms with Gasteiger partial charge in [0.2, 0.25) is 5.91 Å². The topological polar surface area (TPSA) is 52.7 Å². The molecule has 0 aliphatic carbocycles. The normalized spacial score (nSPS) is 14.9. The first-order valence-electron chi connectivity index (χ1n) is 8.66. The van der Waals surface area contributed by atoms with Gasteiger partial charge in [-0.3, -0.25) is 14.5 Å². The molecule has 2 aromatic carbocycles. The van der Waals surface area contributed by atoms with Gasteiger partial charge in [0.1, 0.15) is 0 Å². The number of rotatable bonds is 5. The highest BCUT2D eigenvalue weighted by Crippen LogP contribution is 2.19. The Kier molecular flexibility index (Phi) is 6.30. The lowest BCUT2D eigenvalue weighted by molar-refractivity contribution is -0.117. The molecule has 0 aromatic heterocycles. The number of anilines is 1. The Hall–Kier alpha value is -2.31. The van der Waals surface area contributed by atoms with Crippen LogP contribution >= 0.6 is 11.8 Å². The van der Waals surface area contributed by atoms with E-state index in [1.807, 2.05) is 65.8 Å². The molecule has 0 unspecified atom stereocenters. The molecule has 26 heavy (non-hydrogen) atoms. The van der Waals surface area contributed by atoms with Crippen LogP contribution in [0.15, 0.2) is 59.5 Å². The summed E-state index contributed by atoms with van der Waals surface area (Å²) in [7, 11) is 0. The first-order valence-corrected chi connectivity index (χ1v) is 9.89. The molecule has 2 aromatic rings. The number of piperazine rings is 1. The highest BCUT2D eigenvalue weighted by molar-refractivity contribution is 7.98. The molecule has 0 radical (unpaired) electrons. The summed E-state index contributed by atoms with van der Waals surface area (Å²) in [4.78, 5) is 29.8. The van der Waals surface area contributed by atoms with Gasteiger partial charge >= 0.3 is 0 Å². The zero-order valence-electron chi connectivity index (χ0n) is 14.9. The number of carbonyl (C=O) groups is 2. The van der Waals surface area contributed by atoms with Gasteiger partial charge in [0.05, 0.1) is 6.54 Å². The van der Waals surface area contributed by atoms with Gasteiger partial charge in [-0.15, -0.1) is 11.8 Å². The van der Waals surface area contributed by atoms with E-state index in [9.17, 15) is 9.59 Å². The Morgan fingerprint density at radius 3 is 2.42 bits per heavy atom. The van der Waals surface area contributed by atoms with Gasteiger partial charge in [-0.1, -0.05) is 24.3 Å². The van der Waals surface area contributed by atoms with Gasteiger partial charge in [-0.05, 0) is 36.6 Å². The monoisotopic (exact) mass is 369 g/mol. The summed E-state index contributed by atoms with van der Waals surface area (Å²) >= 11 is 1.65. The highest BCUT2D eigenvalue weighted by atomic mass is 32.2. The van der Waals surface area contributed by atoms with Crippen LogP contribution < -0.4 is 5.32 Å². The molecular weight excluding hydrogens is 346 g/mol. The molecule has 136 valence electrons. The summed E-state index contributed by atoms with van der Waals surface area (Å²) in [5, 5.41) is 2.95. The number of nitrogens with one attached hydrogen (secondary N) is 1. The number of carbonyl (C=O) groups excluding carboxylic acids is 2. The molecule has 1 saturated heterocycles. The van der Waals surface area contributed by atoms with Crippen LogP contribution in [0.4, 0.5) is 5.69 Å². The maximum absolute atomic E-state index is 12.5. The molecule has 0 atom stereocenters. The van der Waals surface area contributed by atoms with Crippen LogP contribution in [-0.4, -0.2) is 60.6 Å². The lowest BCUT2D eigenvalue weighted by Crippen LogP contribution is -2.50. The van der Waals surface area contributed by atoms with E-state index in [-0.39, 0.29) is 11.8 Å². The highest BCUT2D eigenvalue weighted by Gasteiger charge is 2.23. The van der Waals surface area contributed by atoms with Crippen molar-refractivity contribution in [2.75, 3.05) is 44.3 Å². The van der Waals surface area contributed by atoms with Crippen molar-refractivity contribution in [1.82, 2.24) is 9.80 Å². The maximum atomic E-state index is 12.5. The third-order valence-corrected chi connectivity index (χ3v) is 5.13. The van der Waals surface area contributed by atoms with Gasteiger partial charge in [0.25, 0.3) is 5.91 Å². The summed E-state index contributed by atoms with van der Waals surface area (Å²) in [6, 6.07) is 17.2. The summed E-state index contributed by atoms with van der Waals surface area (Å²) in [6.45, 7) is 3.04. The van der Waals surface area contributed by atoms with Crippen LogP contribution in [-0.2, 0) is 4.79 Å². The second-order valence-corrected chi connectivity index (χ2v) is 7.09. The summed E-state index contributed by atoms with van der Waals surface area (Å²) in [5.41, 5.74) is 1.53. The van der Waals surface area contributed by atoms with Crippen molar-refractivity contribution in [3.05, 3.63) is 60.2 Å². The smallest absolute Gasteiger partial charge is 0.253 e. The van der Waals surface area contributed by atoms with E-state index in [4.69, 9.17) is 0 Å². The fourth-order valence-corrected chi connectivity index (χ4v) is 3.44. The predicted molar refractivity (Wildman–Crippen MR) is 106 cm³/mol. The molecule has 3 rings (SSSR count). The molecule has 0 spiro atoms. The molecule has 1 aliphatic rings. The van der Waals surface area contributed by atoms with Gasteiger partial charge in [0, 0.05) is 42.3 Å². The molecule has 5 nitrogen and oxygen atoms in total. The molecule has 1 fully saturated rings. The Balaban J connectivity index is 1.47. The molecule has 6 heteroatoms. The van der Waals surface area contributed by atoms with Crippen molar-refractivity contribution in [3.63, 3.8) is 0 Å². The first kappa shape index (κ1) is 18.5. The summed E-state index contributed by atoms with van der Waals surface area (Å²) in [5.74, 6) is 0.0367. The molecule has 1 N–H and O–H groups in total. The van der Waals surface area contributed by atoms with Crippen molar-refractivity contribution in [2.24, 2.45) is 0 Å². The molecule has 1 heterocycles. The predicted octanol–water partition coefficient (Wildman–Crippen LogP) is 2.81. The third-order valence-electron chi connectivity index (χ3n) is 4.40. The molecule has 1 aliphatic heterocycles. The molecule has 2 amide bonds. The first-order chi connectivity index (χ1) is 12.7. The van der Waals surface area contributed by atoms with Crippen LogP contribution in [0.3, 0.4) is 0 Å². The second kappa shape index (κ2) is 8.87. The fourth-order valence-electron chi connectivity index (χ4n) is 2.98. The number of benzene rings is 2. The van der Waals surface area contributed by atoms with Gasteiger partial charge in [0.15, 0.2) is 0 Å². The zero-order valence-corrected chi connectivity index (χ0v) is 15.7. The van der Waals surface area contributed by atoms with Crippen LogP contribution in [0, 0.1) is 0 Å². The standard InChI is InChI=1S/C20H23N3O2S/c1-26-18-9-5-8-17(14-18)21-19(24)15-22-10-12-23(13-11-22)20(25)16-6-3-2-4-7-16/h2-9,14H,10-13,15H2,1H3,(H,21,24). The quantitative estimate of drug-likeness (QED) is 0.824. The molecule has 0 saturated carbocycles. The number of nitrogens with zero attached hydrogens (tertiary/aromatic N) is 2. The fraction of sp³-hybridized carbons (Fsp3) is 0.300. The van der Waals surface area contributed by atoms with E-state index in [2.05, 4.69) is 10.2 Å². The Labute approximate surface area is 158 Å². The van der Waals surface area contributed by atoms with Crippen molar-refractivity contribution >= 4 is 29.3 Å². The van der Waals surface area contributed by atoms with Gasteiger partial charge in [-0.25, -0.2) is 0 Å². The third kappa shape index (κ3) is 4.86. The molecule has 0 bridgehead atoms. The van der Waals surface area contributed by atoms with E-state index in [0.29, 0.717) is 38.3 Å². The lowest BCUT2D eigenvalue weighted by Gasteiger charge is -2.34. The minimum atomic E-state index is -0.0221. The van der Waals surface area contributed by atoms with Crippen molar-refractivity contribution in [2.45, 2.75) is 4.90 Å². The minimum Gasteiger partial charge on any atom is -0.336 e. The average Bonchev–Trinajstić information content (AvgIpc) is 2.69. The van der Waals surface area contributed by atoms with E-state index in [1.165, 1.54) is 0 Å². The summed E-state index contributed by atoms with van der Waals surface area (Å²) in [6.07, 6.45) is 2.01. The number of thioether (sulfide) groups is 1. The van der Waals surface area contributed by atoms with Gasteiger partial charge < -0.3 is 10.2 Å². The number of hydrogen-bond donors (Lipinski definition) is 1. The largest absolute Gasteiger partial charge is 0.336 e. The lowest BCUT2D eigenvalue weighted by atomic mass is 10.2. The van der Waals surface area contributed by atoms with E-state index < -0.39 is 0 Å².